The van der Waals surface area contributed by atoms with Crippen molar-refractivity contribution in [1.29, 1.82) is 0 Å². The smallest absolute Gasteiger partial charge is 1.00 e. The van der Waals surface area contributed by atoms with Gasteiger partial charge < -0.3 is 35.7 Å². The zero-order valence-corrected chi connectivity index (χ0v) is 8.38. The zero-order chi connectivity index (χ0) is 3.41. The van der Waals surface area contributed by atoms with Crippen molar-refractivity contribution in [3.05, 3.63) is 0 Å². The van der Waals surface area contributed by atoms with Crippen LogP contribution in [-0.2, 0) is 19.5 Å². The summed E-state index contributed by atoms with van der Waals surface area (Å²) in [6.45, 7) is 0.472. The molecule has 5 heteroatoms. The van der Waals surface area contributed by atoms with Gasteiger partial charge in [-0.3, -0.25) is 0 Å². The van der Waals surface area contributed by atoms with Crippen molar-refractivity contribution in [2.75, 3.05) is 13.2 Å². The first-order valence-electron chi connectivity index (χ1n) is 1.22. The molecule has 0 rings (SSSR count). The van der Waals surface area contributed by atoms with Crippen LogP contribution in [0.2, 0.25) is 0 Å². The van der Waals surface area contributed by atoms with Crippen LogP contribution in [0.15, 0.2) is 0 Å². The van der Waals surface area contributed by atoms with Crippen molar-refractivity contribution in [2.45, 2.75) is 0 Å². The third kappa shape index (κ3) is 41.5. The van der Waals surface area contributed by atoms with E-state index in [0.717, 1.165) is 0 Å². The molecule has 0 radical (unpaired) electrons. The summed E-state index contributed by atoms with van der Waals surface area (Å²) in [7, 11) is 0. The van der Waals surface area contributed by atoms with Crippen molar-refractivity contribution in [3.8, 4) is 0 Å². The van der Waals surface area contributed by atoms with Gasteiger partial charge in [0.15, 0.2) is 0 Å². The summed E-state index contributed by atoms with van der Waals surface area (Å²) in [6.07, 6.45) is 0. The second-order valence-electron chi connectivity index (χ2n) is 0.512. The summed E-state index contributed by atoms with van der Waals surface area (Å²) >= 11 is 0. The SMILES string of the molecule is NCCO.[Cl-].[Cl-].[Zn+2]. The molecule has 0 aliphatic heterocycles. The number of rotatable bonds is 1. The maximum absolute atomic E-state index is 7.75. The van der Waals surface area contributed by atoms with Gasteiger partial charge in [-0.05, 0) is 0 Å². The Morgan fingerprint density at radius 1 is 1.29 bits per heavy atom. The Balaban J connectivity index is -0.0000000150. The Hall–Kier alpha value is 1.12. The molecule has 0 saturated carbocycles. The average Bonchev–Trinajstić information content (AvgIpc) is 1.37. The molecule has 0 unspecified atom stereocenters. The number of halogens is 2. The fourth-order valence-corrected chi connectivity index (χ4v) is 0. The van der Waals surface area contributed by atoms with E-state index in [1.165, 1.54) is 0 Å². The maximum atomic E-state index is 7.75. The van der Waals surface area contributed by atoms with Gasteiger partial charge in [-0.1, -0.05) is 0 Å². The van der Waals surface area contributed by atoms with Crippen molar-refractivity contribution < 1.29 is 49.4 Å². The first-order chi connectivity index (χ1) is 1.91. The minimum Gasteiger partial charge on any atom is -1.00 e. The van der Waals surface area contributed by atoms with Gasteiger partial charge in [0.05, 0.1) is 6.61 Å². The molecular formula is C2H7Cl2NOZn. The Morgan fingerprint density at radius 3 is 1.43 bits per heavy atom. The molecule has 2 nitrogen and oxygen atoms in total. The van der Waals surface area contributed by atoms with Gasteiger partial charge in [-0.25, -0.2) is 0 Å². The predicted molar refractivity (Wildman–Crippen MR) is 16.1 cm³/mol. The first-order valence-corrected chi connectivity index (χ1v) is 1.22. The minimum atomic E-state index is 0. The summed E-state index contributed by atoms with van der Waals surface area (Å²) in [5.41, 5.74) is 4.78. The van der Waals surface area contributed by atoms with E-state index in [1.807, 2.05) is 0 Å². The van der Waals surface area contributed by atoms with E-state index >= 15 is 0 Å². The van der Waals surface area contributed by atoms with E-state index in [-0.39, 0.29) is 50.9 Å². The molecule has 0 fully saturated rings. The van der Waals surface area contributed by atoms with Crippen LogP contribution in [0, 0.1) is 0 Å². The summed E-state index contributed by atoms with van der Waals surface area (Å²) < 4.78 is 0. The predicted octanol–water partition coefficient (Wildman–Crippen LogP) is -7.06. The van der Waals surface area contributed by atoms with Crippen LogP contribution >= 0.6 is 0 Å². The molecular weight excluding hydrogens is 190 g/mol. The van der Waals surface area contributed by atoms with E-state index in [2.05, 4.69) is 0 Å². The normalized spacial score (nSPS) is 4.29. The Labute approximate surface area is 68.4 Å². The Kier molecular flexibility index (Phi) is 94.8. The molecule has 0 aromatic rings. The molecule has 0 spiro atoms. The van der Waals surface area contributed by atoms with Crippen LogP contribution in [0.4, 0.5) is 0 Å². The maximum Gasteiger partial charge on any atom is 2.00 e. The number of hydrogen-bond acceptors (Lipinski definition) is 2. The second-order valence-corrected chi connectivity index (χ2v) is 0.512. The van der Waals surface area contributed by atoms with Crippen LogP contribution < -0.4 is 30.5 Å². The van der Waals surface area contributed by atoms with Gasteiger partial charge in [0.25, 0.3) is 0 Å². The standard InChI is InChI=1S/C2H7NO.2ClH.Zn/c3-1-2-4;;;/h4H,1-3H2;2*1H;/q;;;+2/p-2. The molecule has 0 aliphatic carbocycles. The molecule has 7 heavy (non-hydrogen) atoms. The van der Waals surface area contributed by atoms with Gasteiger partial charge in [-0.2, -0.15) is 0 Å². The summed E-state index contributed by atoms with van der Waals surface area (Å²) in [5.74, 6) is 0. The van der Waals surface area contributed by atoms with Crippen LogP contribution in [0.5, 0.6) is 0 Å². The summed E-state index contributed by atoms with van der Waals surface area (Å²) in [4.78, 5) is 0. The average molecular weight is 197 g/mol. The van der Waals surface area contributed by atoms with Crippen molar-refractivity contribution in [3.63, 3.8) is 0 Å². The van der Waals surface area contributed by atoms with E-state index in [4.69, 9.17) is 10.8 Å². The molecule has 0 aromatic carbocycles. The van der Waals surface area contributed by atoms with Crippen LogP contribution in [0.3, 0.4) is 0 Å². The van der Waals surface area contributed by atoms with Crippen LogP contribution in [0.1, 0.15) is 0 Å². The summed E-state index contributed by atoms with van der Waals surface area (Å²) in [5, 5.41) is 7.75. The molecule has 0 amide bonds. The van der Waals surface area contributed by atoms with E-state index < -0.39 is 0 Å². The van der Waals surface area contributed by atoms with Crippen LogP contribution in [0.25, 0.3) is 0 Å². The third-order valence-corrected chi connectivity index (χ3v) is 0.129. The number of aliphatic hydroxyl groups is 1. The fourth-order valence-electron chi connectivity index (χ4n) is 0. The molecule has 0 atom stereocenters. The monoisotopic (exact) mass is 195 g/mol. The van der Waals surface area contributed by atoms with Crippen molar-refractivity contribution in [1.82, 2.24) is 0 Å². The van der Waals surface area contributed by atoms with Gasteiger partial charge in [0.2, 0.25) is 0 Å². The molecule has 0 saturated heterocycles. The van der Waals surface area contributed by atoms with Gasteiger partial charge >= 0.3 is 19.5 Å². The quantitative estimate of drug-likeness (QED) is 0.411. The topological polar surface area (TPSA) is 46.2 Å². The van der Waals surface area contributed by atoms with Crippen molar-refractivity contribution >= 4 is 0 Å². The Morgan fingerprint density at radius 2 is 1.43 bits per heavy atom. The molecule has 0 aromatic heterocycles. The van der Waals surface area contributed by atoms with Gasteiger partial charge in [0.1, 0.15) is 0 Å². The largest absolute Gasteiger partial charge is 2.00 e. The van der Waals surface area contributed by atoms with Gasteiger partial charge in [-0.15, -0.1) is 0 Å². The number of hydrogen-bond donors (Lipinski definition) is 2. The first kappa shape index (κ1) is 24.2. The van der Waals surface area contributed by atoms with Gasteiger partial charge in [0, 0.05) is 6.54 Å². The third-order valence-electron chi connectivity index (χ3n) is 0.129. The fraction of sp³-hybridized carbons (Fsp3) is 1.00. The summed E-state index contributed by atoms with van der Waals surface area (Å²) in [6, 6.07) is 0. The molecule has 3 N–H and O–H groups in total. The zero-order valence-electron chi connectivity index (χ0n) is 3.90. The van der Waals surface area contributed by atoms with Crippen molar-refractivity contribution in [2.24, 2.45) is 5.73 Å². The van der Waals surface area contributed by atoms with E-state index in [9.17, 15) is 0 Å². The number of aliphatic hydroxyl groups excluding tert-OH is 1. The molecule has 42 valence electrons. The van der Waals surface area contributed by atoms with Crippen LogP contribution in [-0.4, -0.2) is 18.3 Å². The number of nitrogens with two attached hydrogens (primary N) is 1. The van der Waals surface area contributed by atoms with E-state index in [1.54, 1.807) is 0 Å². The second kappa shape index (κ2) is 27.4. The molecule has 0 bridgehead atoms. The molecule has 0 heterocycles. The minimum absolute atomic E-state index is 0. The Bertz CT molecular complexity index is 17.7. The van der Waals surface area contributed by atoms with E-state index in [0.29, 0.717) is 6.54 Å². The molecule has 0 aliphatic rings.